The maximum atomic E-state index is 12.9. The molecule has 2 aromatic carbocycles. The summed E-state index contributed by atoms with van der Waals surface area (Å²) in [4.78, 5) is 43.2. The first-order valence-electron chi connectivity index (χ1n) is 9.94. The van der Waals surface area contributed by atoms with Gasteiger partial charge in [-0.1, -0.05) is 30.3 Å². The minimum absolute atomic E-state index is 0.185. The molecule has 0 saturated heterocycles. The fourth-order valence-corrected chi connectivity index (χ4v) is 4.45. The predicted octanol–water partition coefficient (Wildman–Crippen LogP) is 3.48. The minimum Gasteiger partial charge on any atom is -0.479 e. The molecule has 0 radical (unpaired) electrons. The lowest BCUT2D eigenvalue weighted by atomic mass is 10.2. The van der Waals surface area contributed by atoms with Crippen LogP contribution in [0.3, 0.4) is 0 Å². The quantitative estimate of drug-likeness (QED) is 0.500. The zero-order valence-corrected chi connectivity index (χ0v) is 17.8. The van der Waals surface area contributed by atoms with Crippen molar-refractivity contribution in [3.05, 3.63) is 71.3 Å². The van der Waals surface area contributed by atoms with Crippen molar-refractivity contribution in [3.63, 3.8) is 0 Å². The molecule has 5 rings (SSSR count). The molecule has 4 aromatic rings. The lowest BCUT2D eigenvalue weighted by molar-refractivity contribution is -0.122. The number of anilines is 2. The van der Waals surface area contributed by atoms with Gasteiger partial charge in [-0.05, 0) is 36.8 Å². The number of rotatable bonds is 4. The highest BCUT2D eigenvalue weighted by atomic mass is 32.1. The number of thiophene rings is 1. The largest absolute Gasteiger partial charge is 0.479 e. The fraction of sp³-hybridized carbons (Fsp3) is 0.130. The third-order valence-corrected chi connectivity index (χ3v) is 6.18. The average Bonchev–Trinajstić information content (AvgIpc) is 3.23. The minimum atomic E-state index is -0.572. The van der Waals surface area contributed by atoms with Crippen molar-refractivity contribution in [2.75, 3.05) is 10.6 Å². The number of nitrogens with zero attached hydrogens (tertiary/aromatic N) is 2. The highest BCUT2D eigenvalue weighted by molar-refractivity contribution is 7.21. The topological polar surface area (TPSA) is 102 Å². The molecule has 8 nitrogen and oxygen atoms in total. The van der Waals surface area contributed by atoms with Crippen molar-refractivity contribution < 1.29 is 14.3 Å². The van der Waals surface area contributed by atoms with Crippen LogP contribution in [0.4, 0.5) is 11.4 Å². The summed E-state index contributed by atoms with van der Waals surface area (Å²) in [5.74, 6) is -0.103. The van der Waals surface area contributed by atoms with Crippen LogP contribution in [0.15, 0.2) is 65.7 Å². The van der Waals surface area contributed by atoms with E-state index in [9.17, 15) is 14.4 Å². The smallest absolute Gasteiger partial charge is 0.265 e. The Labute approximate surface area is 186 Å². The van der Waals surface area contributed by atoms with Gasteiger partial charge in [0.25, 0.3) is 11.5 Å². The van der Waals surface area contributed by atoms with Crippen LogP contribution in [0.25, 0.3) is 20.7 Å². The molecule has 9 heteroatoms. The fourth-order valence-electron chi connectivity index (χ4n) is 3.46. The molecule has 0 aliphatic carbocycles. The Morgan fingerprint density at radius 3 is 2.81 bits per heavy atom. The number of hydrogen-bond acceptors (Lipinski definition) is 6. The molecule has 0 bridgehead atoms. The molecule has 0 spiro atoms. The van der Waals surface area contributed by atoms with Crippen molar-refractivity contribution in [2.24, 2.45) is 0 Å². The summed E-state index contributed by atoms with van der Waals surface area (Å²) >= 11 is 1.44. The number of hydrogen-bond donors (Lipinski definition) is 2. The third kappa shape index (κ3) is 3.74. The lowest BCUT2D eigenvalue weighted by Gasteiger charge is -2.23. The van der Waals surface area contributed by atoms with Crippen LogP contribution in [0.5, 0.6) is 5.75 Å². The number of amides is 2. The van der Waals surface area contributed by atoms with E-state index >= 15 is 0 Å². The highest BCUT2D eigenvalue weighted by Crippen LogP contribution is 2.32. The van der Waals surface area contributed by atoms with E-state index in [-0.39, 0.29) is 23.9 Å². The Morgan fingerprint density at radius 2 is 2.00 bits per heavy atom. The SMILES string of the molecule is C[C@@H]1Oc2ccc(NC(=O)Cn3cnc4sc(-c5ccccc5)cc4c3=O)cc2NC1=O. The van der Waals surface area contributed by atoms with E-state index in [1.165, 1.54) is 22.2 Å². The number of carbonyl (C=O) groups is 2. The van der Waals surface area contributed by atoms with Crippen LogP contribution in [0.1, 0.15) is 6.92 Å². The van der Waals surface area contributed by atoms with Crippen molar-refractivity contribution >= 4 is 44.7 Å². The number of ether oxygens (including phenoxy) is 1. The summed E-state index contributed by atoms with van der Waals surface area (Å²) in [6.45, 7) is 1.47. The predicted molar refractivity (Wildman–Crippen MR) is 123 cm³/mol. The van der Waals surface area contributed by atoms with Gasteiger partial charge in [0.05, 0.1) is 17.4 Å². The molecule has 1 atom stereocenters. The standard InChI is InChI=1S/C23H18N4O4S/c1-13-21(29)26-17-9-15(7-8-18(17)31-13)25-20(28)11-27-12-24-22-16(23(27)30)10-19(32-22)14-5-3-2-4-6-14/h2-10,12-13H,11H2,1H3,(H,25,28)(H,26,29)/t13-/m0/s1. The van der Waals surface area contributed by atoms with Gasteiger partial charge in [0, 0.05) is 10.6 Å². The Kier molecular flexibility index (Phi) is 4.95. The first-order chi connectivity index (χ1) is 15.5. The average molecular weight is 446 g/mol. The van der Waals surface area contributed by atoms with Crippen LogP contribution in [-0.4, -0.2) is 27.5 Å². The van der Waals surface area contributed by atoms with E-state index in [1.54, 1.807) is 25.1 Å². The van der Waals surface area contributed by atoms with Gasteiger partial charge in [0.1, 0.15) is 17.1 Å². The Hall–Kier alpha value is -3.98. The molecule has 0 unspecified atom stereocenters. The summed E-state index contributed by atoms with van der Waals surface area (Å²) in [5, 5.41) is 5.96. The first-order valence-corrected chi connectivity index (χ1v) is 10.8. The van der Waals surface area contributed by atoms with Crippen LogP contribution in [-0.2, 0) is 16.1 Å². The third-order valence-electron chi connectivity index (χ3n) is 5.08. The van der Waals surface area contributed by atoms with Gasteiger partial charge in [-0.15, -0.1) is 11.3 Å². The lowest BCUT2D eigenvalue weighted by Crippen LogP contribution is -2.34. The number of nitrogens with one attached hydrogen (secondary N) is 2. The summed E-state index contributed by atoms with van der Waals surface area (Å²) in [7, 11) is 0. The van der Waals surface area contributed by atoms with Gasteiger partial charge in [-0.2, -0.15) is 0 Å². The molecule has 32 heavy (non-hydrogen) atoms. The zero-order valence-electron chi connectivity index (χ0n) is 17.0. The van der Waals surface area contributed by atoms with Gasteiger partial charge in [0.15, 0.2) is 6.10 Å². The van der Waals surface area contributed by atoms with Crippen LogP contribution < -0.4 is 20.9 Å². The van der Waals surface area contributed by atoms with Crippen LogP contribution >= 0.6 is 11.3 Å². The number of fused-ring (bicyclic) bond motifs is 2. The Morgan fingerprint density at radius 1 is 1.19 bits per heavy atom. The molecular weight excluding hydrogens is 428 g/mol. The monoisotopic (exact) mass is 446 g/mol. The van der Waals surface area contributed by atoms with E-state index in [4.69, 9.17) is 4.74 Å². The maximum absolute atomic E-state index is 12.9. The number of benzene rings is 2. The molecule has 2 N–H and O–H groups in total. The second kappa shape index (κ2) is 7.93. The molecule has 3 heterocycles. The van der Waals surface area contributed by atoms with Crippen molar-refractivity contribution in [3.8, 4) is 16.2 Å². The van der Waals surface area contributed by atoms with Crippen molar-refractivity contribution in [1.29, 1.82) is 0 Å². The van der Waals surface area contributed by atoms with Gasteiger partial charge >= 0.3 is 0 Å². The van der Waals surface area contributed by atoms with Gasteiger partial charge in [-0.25, -0.2) is 4.98 Å². The molecule has 160 valence electrons. The molecule has 0 saturated carbocycles. The van der Waals surface area contributed by atoms with E-state index < -0.39 is 6.10 Å². The molecule has 2 amide bonds. The molecular formula is C23H18N4O4S. The summed E-state index contributed by atoms with van der Waals surface area (Å²) < 4.78 is 6.79. The van der Waals surface area contributed by atoms with Gasteiger partial charge < -0.3 is 15.4 Å². The first kappa shape index (κ1) is 20.0. The Balaban J connectivity index is 1.35. The van der Waals surface area contributed by atoms with E-state index in [2.05, 4.69) is 15.6 Å². The van der Waals surface area contributed by atoms with Crippen LogP contribution in [0.2, 0.25) is 0 Å². The molecule has 0 fully saturated rings. The van der Waals surface area contributed by atoms with Crippen LogP contribution in [0, 0.1) is 0 Å². The normalized spacial score (nSPS) is 15.0. The van der Waals surface area contributed by atoms with Crippen molar-refractivity contribution in [1.82, 2.24) is 9.55 Å². The molecule has 1 aliphatic rings. The van der Waals surface area contributed by atoms with Gasteiger partial charge in [-0.3, -0.25) is 19.0 Å². The zero-order chi connectivity index (χ0) is 22.2. The van der Waals surface area contributed by atoms with E-state index in [0.29, 0.717) is 27.3 Å². The van der Waals surface area contributed by atoms with E-state index in [0.717, 1.165) is 10.4 Å². The number of aromatic nitrogens is 2. The summed E-state index contributed by atoms with van der Waals surface area (Å²) in [5.41, 5.74) is 1.70. The molecule has 2 aromatic heterocycles. The highest BCUT2D eigenvalue weighted by Gasteiger charge is 2.23. The summed E-state index contributed by atoms with van der Waals surface area (Å²) in [6.07, 6.45) is 0.814. The van der Waals surface area contributed by atoms with Gasteiger partial charge in [0.2, 0.25) is 5.91 Å². The van der Waals surface area contributed by atoms with Crippen molar-refractivity contribution in [2.45, 2.75) is 19.6 Å². The second-order valence-electron chi connectivity index (χ2n) is 7.38. The molecule has 1 aliphatic heterocycles. The summed E-state index contributed by atoms with van der Waals surface area (Å²) in [6, 6.07) is 16.5. The Bertz CT molecular complexity index is 1410. The number of carbonyl (C=O) groups excluding carboxylic acids is 2. The van der Waals surface area contributed by atoms with E-state index in [1.807, 2.05) is 36.4 Å². The second-order valence-corrected chi connectivity index (χ2v) is 8.41. The maximum Gasteiger partial charge on any atom is 0.265 e.